The molecule has 0 aromatic carbocycles. The van der Waals surface area contributed by atoms with Crippen LogP contribution in [0.25, 0.3) is 10.2 Å². The number of aryl methyl sites for hydroxylation is 3. The Morgan fingerprint density at radius 3 is 2.93 bits per heavy atom. The van der Waals surface area contributed by atoms with E-state index >= 15 is 0 Å². The van der Waals surface area contributed by atoms with E-state index in [2.05, 4.69) is 22.1 Å². The number of hydrogen-bond donors (Lipinski definition) is 1. The number of nitrogens with one attached hydrogen (secondary N) is 1. The Morgan fingerprint density at radius 2 is 2.07 bits per heavy atom. The van der Waals surface area contributed by atoms with Crippen LogP contribution >= 0.6 is 11.3 Å². The third kappa shape index (κ3) is 4.94. The molecule has 1 fully saturated rings. The van der Waals surface area contributed by atoms with Crippen LogP contribution in [0.15, 0.2) is 11.1 Å². The predicted molar refractivity (Wildman–Crippen MR) is 122 cm³/mol. The van der Waals surface area contributed by atoms with Gasteiger partial charge in [0.15, 0.2) is 0 Å². The molecule has 1 amide bonds. The van der Waals surface area contributed by atoms with Crippen LogP contribution < -0.4 is 10.9 Å². The second-order valence-electron chi connectivity index (χ2n) is 8.82. The van der Waals surface area contributed by atoms with E-state index in [0.717, 1.165) is 48.9 Å². The van der Waals surface area contributed by atoms with Gasteiger partial charge in [0.25, 0.3) is 5.56 Å². The monoisotopic (exact) mass is 430 g/mol. The average molecular weight is 431 g/mol. The number of unbranched alkanes of at least 4 members (excludes halogenated alkanes) is 1. The van der Waals surface area contributed by atoms with Crippen LogP contribution in [-0.2, 0) is 24.2 Å². The highest BCUT2D eigenvalue weighted by molar-refractivity contribution is 7.18. The van der Waals surface area contributed by atoms with E-state index in [0.29, 0.717) is 25.6 Å². The maximum atomic E-state index is 12.9. The minimum absolute atomic E-state index is 0.0145. The fourth-order valence-corrected chi connectivity index (χ4v) is 6.03. The van der Waals surface area contributed by atoms with Crippen molar-refractivity contribution < 1.29 is 4.79 Å². The Morgan fingerprint density at radius 1 is 1.20 bits per heavy atom. The molecule has 2 aromatic heterocycles. The molecule has 0 saturated carbocycles. The van der Waals surface area contributed by atoms with Crippen LogP contribution in [0.1, 0.15) is 68.7 Å². The van der Waals surface area contributed by atoms with Gasteiger partial charge in [0.1, 0.15) is 4.83 Å². The van der Waals surface area contributed by atoms with E-state index in [1.165, 1.54) is 42.7 Å². The van der Waals surface area contributed by atoms with Crippen molar-refractivity contribution in [1.82, 2.24) is 19.8 Å². The quantitative estimate of drug-likeness (QED) is 0.651. The van der Waals surface area contributed by atoms with E-state index in [-0.39, 0.29) is 11.5 Å². The summed E-state index contributed by atoms with van der Waals surface area (Å²) < 4.78 is 1.61. The fourth-order valence-electron chi connectivity index (χ4n) is 4.81. The molecular weight excluding hydrogens is 396 g/mol. The number of hydrogen-bond acceptors (Lipinski definition) is 5. The SMILES string of the molecule is CC1CCCCN1CCCCNC(=O)CCn1cnc2sc3c(c2c1=O)CCCC3. The number of carbonyl (C=O) groups is 1. The highest BCUT2D eigenvalue weighted by Gasteiger charge is 2.20. The van der Waals surface area contributed by atoms with Gasteiger partial charge in [-0.05, 0) is 76.9 Å². The maximum Gasteiger partial charge on any atom is 0.262 e. The molecule has 1 atom stereocenters. The summed E-state index contributed by atoms with van der Waals surface area (Å²) in [4.78, 5) is 34.4. The molecule has 7 heteroatoms. The zero-order valence-electron chi connectivity index (χ0n) is 18.1. The van der Waals surface area contributed by atoms with Gasteiger partial charge >= 0.3 is 0 Å². The Kier molecular flexibility index (Phi) is 7.20. The second-order valence-corrected chi connectivity index (χ2v) is 9.91. The molecule has 1 aliphatic heterocycles. The van der Waals surface area contributed by atoms with E-state index in [4.69, 9.17) is 0 Å². The van der Waals surface area contributed by atoms with Gasteiger partial charge in [-0.15, -0.1) is 11.3 Å². The van der Waals surface area contributed by atoms with E-state index in [1.54, 1.807) is 22.2 Å². The zero-order valence-corrected chi connectivity index (χ0v) is 18.9. The third-order valence-corrected chi connectivity index (χ3v) is 7.86. The normalized spacial score (nSPS) is 19.7. The molecule has 0 spiro atoms. The van der Waals surface area contributed by atoms with Gasteiger partial charge < -0.3 is 10.2 Å². The molecule has 0 radical (unpaired) electrons. The van der Waals surface area contributed by atoms with E-state index in [1.807, 2.05) is 0 Å². The molecule has 2 aliphatic rings. The molecule has 3 heterocycles. The molecule has 30 heavy (non-hydrogen) atoms. The molecule has 164 valence electrons. The summed E-state index contributed by atoms with van der Waals surface area (Å²) in [5.41, 5.74) is 1.23. The summed E-state index contributed by atoms with van der Waals surface area (Å²) in [6.45, 7) is 5.77. The predicted octanol–water partition coefficient (Wildman–Crippen LogP) is 3.50. The number of aromatic nitrogens is 2. The van der Waals surface area contributed by atoms with Crippen LogP contribution in [0.4, 0.5) is 0 Å². The topological polar surface area (TPSA) is 67.2 Å². The first-order valence-corrected chi connectivity index (χ1v) is 12.5. The van der Waals surface area contributed by atoms with Crippen molar-refractivity contribution in [3.8, 4) is 0 Å². The first-order valence-electron chi connectivity index (χ1n) is 11.6. The summed E-state index contributed by atoms with van der Waals surface area (Å²) in [5.74, 6) is 0.0145. The number of thiophene rings is 1. The molecule has 1 saturated heterocycles. The van der Waals surface area contributed by atoms with Crippen molar-refractivity contribution in [3.63, 3.8) is 0 Å². The van der Waals surface area contributed by atoms with E-state index in [9.17, 15) is 9.59 Å². The van der Waals surface area contributed by atoms with Crippen LogP contribution in [0.2, 0.25) is 0 Å². The lowest BCUT2D eigenvalue weighted by molar-refractivity contribution is -0.121. The second kappa shape index (κ2) is 10.1. The first-order chi connectivity index (χ1) is 14.6. The minimum Gasteiger partial charge on any atom is -0.356 e. The first kappa shape index (κ1) is 21.5. The maximum absolute atomic E-state index is 12.9. The van der Waals surface area contributed by atoms with Gasteiger partial charge in [-0.3, -0.25) is 14.2 Å². The molecule has 1 aliphatic carbocycles. The van der Waals surface area contributed by atoms with Gasteiger partial charge in [-0.2, -0.15) is 0 Å². The van der Waals surface area contributed by atoms with Gasteiger partial charge in [-0.1, -0.05) is 6.42 Å². The van der Waals surface area contributed by atoms with Crippen molar-refractivity contribution in [1.29, 1.82) is 0 Å². The Hall–Kier alpha value is -1.73. The number of nitrogens with zero attached hydrogens (tertiary/aromatic N) is 3. The number of piperidine rings is 1. The third-order valence-electron chi connectivity index (χ3n) is 6.66. The van der Waals surface area contributed by atoms with Crippen molar-refractivity contribution in [2.75, 3.05) is 19.6 Å². The summed E-state index contributed by atoms with van der Waals surface area (Å²) in [5, 5.41) is 3.81. The van der Waals surface area contributed by atoms with Crippen molar-refractivity contribution in [2.24, 2.45) is 0 Å². The Bertz CT molecular complexity index is 935. The van der Waals surface area contributed by atoms with Crippen LogP contribution in [0, 0.1) is 0 Å². The number of likely N-dealkylation sites (tertiary alicyclic amines) is 1. The molecule has 1 N–H and O–H groups in total. The lowest BCUT2D eigenvalue weighted by Gasteiger charge is -2.33. The fraction of sp³-hybridized carbons (Fsp3) is 0.696. The standard InChI is InChI=1S/C23H34N4O2S/c1-17-8-4-6-13-26(17)14-7-5-12-24-20(28)11-15-27-16-25-22-21(23(27)29)18-9-2-3-10-19(18)30-22/h16-17H,2-15H2,1H3,(H,24,28). The number of amides is 1. The smallest absolute Gasteiger partial charge is 0.262 e. The van der Waals surface area contributed by atoms with Crippen molar-refractivity contribution >= 4 is 27.5 Å². The largest absolute Gasteiger partial charge is 0.356 e. The molecule has 6 nitrogen and oxygen atoms in total. The van der Waals surface area contributed by atoms with E-state index < -0.39 is 0 Å². The lowest BCUT2D eigenvalue weighted by atomic mass is 9.97. The zero-order chi connectivity index (χ0) is 20.9. The van der Waals surface area contributed by atoms with Gasteiger partial charge in [-0.25, -0.2) is 4.98 Å². The summed E-state index contributed by atoms with van der Waals surface area (Å²) in [6.07, 6.45) is 12.4. The highest BCUT2D eigenvalue weighted by Crippen LogP contribution is 2.33. The molecule has 4 rings (SSSR count). The summed E-state index contributed by atoms with van der Waals surface area (Å²) in [7, 11) is 0. The number of fused-ring (bicyclic) bond motifs is 3. The molecular formula is C23H34N4O2S. The Labute approximate surface area is 182 Å². The van der Waals surface area contributed by atoms with Crippen LogP contribution in [-0.4, -0.2) is 46.0 Å². The molecule has 1 unspecified atom stereocenters. The minimum atomic E-state index is 0.0145. The van der Waals surface area contributed by atoms with Crippen LogP contribution in [0.3, 0.4) is 0 Å². The van der Waals surface area contributed by atoms with Crippen LogP contribution in [0.5, 0.6) is 0 Å². The summed E-state index contributed by atoms with van der Waals surface area (Å²) >= 11 is 1.67. The molecule has 2 aromatic rings. The molecule has 0 bridgehead atoms. The Balaban J connectivity index is 1.22. The summed E-state index contributed by atoms with van der Waals surface area (Å²) in [6, 6.07) is 0.700. The van der Waals surface area contributed by atoms with Gasteiger partial charge in [0.05, 0.1) is 11.7 Å². The van der Waals surface area contributed by atoms with Gasteiger partial charge in [0.2, 0.25) is 5.91 Å². The highest BCUT2D eigenvalue weighted by atomic mass is 32.1. The lowest BCUT2D eigenvalue weighted by Crippen LogP contribution is -2.38. The average Bonchev–Trinajstić information content (AvgIpc) is 3.13. The van der Waals surface area contributed by atoms with Gasteiger partial charge in [0, 0.05) is 30.4 Å². The van der Waals surface area contributed by atoms with Crippen molar-refractivity contribution in [3.05, 3.63) is 27.1 Å². The number of carbonyl (C=O) groups excluding carboxylic acids is 1. The van der Waals surface area contributed by atoms with Crippen molar-refractivity contribution in [2.45, 2.75) is 83.7 Å². The number of rotatable bonds is 8.